The normalized spacial score (nSPS) is 14.0. The molecular weight excluding hydrogens is 450 g/mol. The Kier molecular flexibility index (Phi) is 9.59. The number of aliphatic hydroxyl groups is 1. The summed E-state index contributed by atoms with van der Waals surface area (Å²) in [5.41, 5.74) is 1.93. The second kappa shape index (κ2) is 13.1. The number of rotatable bonds is 12. The van der Waals surface area contributed by atoms with Gasteiger partial charge in [0.1, 0.15) is 23.8 Å². The third kappa shape index (κ3) is 7.81. The van der Waals surface area contributed by atoms with Gasteiger partial charge in [-0.3, -0.25) is 14.9 Å². The molecule has 184 valence electrons. The molecule has 2 aromatic carbocycles. The number of hydrazone groups is 1. The van der Waals surface area contributed by atoms with Crippen LogP contribution in [0.4, 0.5) is 0 Å². The lowest BCUT2D eigenvalue weighted by Gasteiger charge is -2.21. The predicted molar refractivity (Wildman–Crippen MR) is 129 cm³/mol. The van der Waals surface area contributed by atoms with Gasteiger partial charge >= 0.3 is 0 Å². The van der Waals surface area contributed by atoms with Crippen molar-refractivity contribution in [1.82, 2.24) is 15.6 Å². The summed E-state index contributed by atoms with van der Waals surface area (Å²) in [4.78, 5) is 23.8. The topological polar surface area (TPSA) is 136 Å². The Hall–Kier alpha value is -3.94. The van der Waals surface area contributed by atoms with Crippen molar-refractivity contribution >= 4 is 17.5 Å². The molecule has 10 nitrogen and oxygen atoms in total. The predicted octanol–water partition coefficient (Wildman–Crippen LogP) is 1.39. The fraction of sp³-hybridized carbons (Fsp3) is 0.360. The second-order valence-electron chi connectivity index (χ2n) is 7.81. The Balaban J connectivity index is 1.35. The minimum absolute atomic E-state index is 0.0397. The summed E-state index contributed by atoms with van der Waals surface area (Å²) in [5.74, 6) is 0.662. The highest BCUT2D eigenvalue weighted by atomic mass is 16.5. The van der Waals surface area contributed by atoms with Crippen molar-refractivity contribution < 1.29 is 24.2 Å². The maximum Gasteiger partial charge on any atom is 0.257 e. The molecule has 35 heavy (non-hydrogen) atoms. The third-order valence-electron chi connectivity index (χ3n) is 5.25. The highest BCUT2D eigenvalue weighted by Crippen LogP contribution is 2.23. The molecule has 0 radical (unpaired) electrons. The van der Waals surface area contributed by atoms with E-state index in [2.05, 4.69) is 21.8 Å². The van der Waals surface area contributed by atoms with Gasteiger partial charge in [0.25, 0.3) is 5.91 Å². The number of aliphatic hydroxyl groups excluding tert-OH is 1. The van der Waals surface area contributed by atoms with Gasteiger partial charge in [0.15, 0.2) is 6.61 Å². The van der Waals surface area contributed by atoms with E-state index in [1.807, 2.05) is 18.2 Å². The van der Waals surface area contributed by atoms with Gasteiger partial charge < -0.3 is 19.9 Å². The maximum absolute atomic E-state index is 12.2. The van der Waals surface area contributed by atoms with Crippen LogP contribution < -0.4 is 20.1 Å². The summed E-state index contributed by atoms with van der Waals surface area (Å²) in [6, 6.07) is 16.2. The Morgan fingerprint density at radius 3 is 2.66 bits per heavy atom. The number of nitrogens with one attached hydrogen (secondary N) is 2. The zero-order valence-electron chi connectivity index (χ0n) is 19.6. The van der Waals surface area contributed by atoms with Crippen LogP contribution in [-0.2, 0) is 9.59 Å². The van der Waals surface area contributed by atoms with E-state index < -0.39 is 6.23 Å². The minimum atomic E-state index is -0.814. The second-order valence-corrected chi connectivity index (χ2v) is 7.81. The summed E-state index contributed by atoms with van der Waals surface area (Å²) >= 11 is 0. The zero-order chi connectivity index (χ0) is 25.0. The Morgan fingerprint density at radius 1 is 1.14 bits per heavy atom. The van der Waals surface area contributed by atoms with Crippen molar-refractivity contribution in [2.24, 2.45) is 5.10 Å². The maximum atomic E-state index is 12.2. The third-order valence-corrected chi connectivity index (χ3v) is 5.25. The largest absolute Gasteiger partial charge is 0.492 e. The van der Waals surface area contributed by atoms with Gasteiger partial charge in [-0.05, 0) is 24.3 Å². The molecule has 0 bridgehead atoms. The number of nitrogens with zero attached hydrogens (tertiary/aromatic N) is 3. The molecule has 0 aliphatic carbocycles. The van der Waals surface area contributed by atoms with Gasteiger partial charge in [0, 0.05) is 45.0 Å². The van der Waals surface area contributed by atoms with Crippen LogP contribution in [0.5, 0.6) is 11.5 Å². The van der Waals surface area contributed by atoms with Crippen molar-refractivity contribution in [3.63, 3.8) is 0 Å². The smallest absolute Gasteiger partial charge is 0.257 e. The standard InChI is InChI=1S/C25H29N5O5/c1-30-25(33)11-10-20(29-30)19-7-3-5-9-22(19)35-17-24(32)28-14-13-27-23(31)12-15-34-21-8-4-2-6-18(21)16-26/h2-9,23,27,31H,10-15,17H2,1H3,(H,28,32). The number of hydrogen-bond donors (Lipinski definition) is 3. The van der Waals surface area contributed by atoms with E-state index in [9.17, 15) is 14.7 Å². The molecule has 3 rings (SSSR count). The van der Waals surface area contributed by atoms with Crippen molar-refractivity contribution in [3.05, 3.63) is 59.7 Å². The van der Waals surface area contributed by atoms with Crippen LogP contribution in [0, 0.1) is 11.3 Å². The number of carbonyl (C=O) groups is 2. The molecule has 0 saturated carbocycles. The molecule has 0 spiro atoms. The van der Waals surface area contributed by atoms with Gasteiger partial charge in [-0.25, -0.2) is 5.01 Å². The van der Waals surface area contributed by atoms with Crippen LogP contribution >= 0.6 is 0 Å². The van der Waals surface area contributed by atoms with E-state index in [4.69, 9.17) is 14.7 Å². The lowest BCUT2D eigenvalue weighted by molar-refractivity contribution is -0.130. The first kappa shape index (κ1) is 25.7. The molecular formula is C25H29N5O5. The highest BCUT2D eigenvalue weighted by molar-refractivity contribution is 6.06. The van der Waals surface area contributed by atoms with E-state index in [0.717, 1.165) is 11.3 Å². The summed E-state index contributed by atoms with van der Waals surface area (Å²) in [6.45, 7) is 0.726. The van der Waals surface area contributed by atoms with E-state index >= 15 is 0 Å². The van der Waals surface area contributed by atoms with Crippen LogP contribution in [0.2, 0.25) is 0 Å². The summed E-state index contributed by atoms with van der Waals surface area (Å²) in [5, 5.41) is 30.3. The molecule has 0 saturated heterocycles. The average molecular weight is 480 g/mol. The summed E-state index contributed by atoms with van der Waals surface area (Å²) < 4.78 is 11.2. The summed E-state index contributed by atoms with van der Waals surface area (Å²) in [7, 11) is 1.62. The fourth-order valence-electron chi connectivity index (χ4n) is 3.40. The molecule has 1 aliphatic rings. The first-order chi connectivity index (χ1) is 17.0. The van der Waals surface area contributed by atoms with Crippen molar-refractivity contribution in [1.29, 1.82) is 5.26 Å². The van der Waals surface area contributed by atoms with Gasteiger partial charge in [-0.1, -0.05) is 24.3 Å². The lowest BCUT2D eigenvalue weighted by Crippen LogP contribution is -2.39. The first-order valence-electron chi connectivity index (χ1n) is 11.3. The van der Waals surface area contributed by atoms with Crippen LogP contribution in [-0.4, -0.2) is 67.2 Å². The van der Waals surface area contributed by atoms with E-state index in [1.165, 1.54) is 5.01 Å². The number of amides is 2. The van der Waals surface area contributed by atoms with Gasteiger partial charge in [0.2, 0.25) is 5.91 Å². The van der Waals surface area contributed by atoms with Crippen LogP contribution in [0.1, 0.15) is 30.4 Å². The molecule has 0 fully saturated rings. The molecule has 1 unspecified atom stereocenters. The van der Waals surface area contributed by atoms with Gasteiger partial charge in [-0.15, -0.1) is 0 Å². The number of benzene rings is 2. The number of para-hydroxylation sites is 2. The Morgan fingerprint density at radius 2 is 1.89 bits per heavy atom. The zero-order valence-corrected chi connectivity index (χ0v) is 19.6. The van der Waals surface area contributed by atoms with E-state index in [-0.39, 0.29) is 25.0 Å². The SMILES string of the molecule is CN1N=C(c2ccccc2OCC(=O)NCCNC(O)CCOc2ccccc2C#N)CCC1=O. The molecule has 2 aromatic rings. The Labute approximate surface area is 204 Å². The quantitative estimate of drug-likeness (QED) is 0.309. The summed E-state index contributed by atoms with van der Waals surface area (Å²) in [6.07, 6.45) is 0.394. The molecule has 2 amide bonds. The molecule has 0 aromatic heterocycles. The molecule has 1 heterocycles. The van der Waals surface area contributed by atoms with Crippen LogP contribution in [0.3, 0.4) is 0 Å². The van der Waals surface area contributed by atoms with Crippen molar-refractivity contribution in [2.75, 3.05) is 33.4 Å². The average Bonchev–Trinajstić information content (AvgIpc) is 2.87. The van der Waals surface area contributed by atoms with E-state index in [0.29, 0.717) is 49.4 Å². The van der Waals surface area contributed by atoms with Crippen molar-refractivity contribution in [2.45, 2.75) is 25.5 Å². The Bertz CT molecular complexity index is 1100. The highest BCUT2D eigenvalue weighted by Gasteiger charge is 2.20. The number of nitriles is 1. The van der Waals surface area contributed by atoms with E-state index in [1.54, 1.807) is 37.4 Å². The van der Waals surface area contributed by atoms with Gasteiger partial charge in [0.05, 0.1) is 17.9 Å². The van der Waals surface area contributed by atoms with Crippen molar-refractivity contribution in [3.8, 4) is 17.6 Å². The number of hydrogen-bond acceptors (Lipinski definition) is 8. The number of carbonyl (C=O) groups excluding carboxylic acids is 2. The van der Waals surface area contributed by atoms with Gasteiger partial charge in [-0.2, -0.15) is 10.4 Å². The first-order valence-corrected chi connectivity index (χ1v) is 11.3. The lowest BCUT2D eigenvalue weighted by atomic mass is 10.0. The minimum Gasteiger partial charge on any atom is -0.492 e. The van der Waals surface area contributed by atoms with Crippen LogP contribution in [0.15, 0.2) is 53.6 Å². The molecule has 3 N–H and O–H groups in total. The molecule has 1 aliphatic heterocycles. The monoisotopic (exact) mass is 479 g/mol. The molecule has 1 atom stereocenters. The fourth-order valence-corrected chi connectivity index (χ4v) is 3.40. The number of ether oxygens (including phenoxy) is 2. The van der Waals surface area contributed by atoms with Crippen LogP contribution in [0.25, 0.3) is 0 Å². The molecule has 10 heteroatoms.